The smallest absolute Gasteiger partial charge is 0.306 e. The Morgan fingerprint density at radius 2 is 2.44 bits per heavy atom. The number of carbonyl (C=O) groups is 1. The molecular weight excluding hydrogens is 248 g/mol. The van der Waals surface area contributed by atoms with Crippen molar-refractivity contribution in [2.45, 2.75) is 45.1 Å². The SMILES string of the molecule is Cc1csc(CCNC2CCCC(C(=O)O)C2)n1. The van der Waals surface area contributed by atoms with Crippen molar-refractivity contribution in [3.63, 3.8) is 0 Å². The van der Waals surface area contributed by atoms with E-state index in [0.717, 1.165) is 49.4 Å². The molecule has 100 valence electrons. The van der Waals surface area contributed by atoms with Gasteiger partial charge >= 0.3 is 5.97 Å². The van der Waals surface area contributed by atoms with E-state index in [0.29, 0.717) is 6.04 Å². The molecule has 0 amide bonds. The van der Waals surface area contributed by atoms with Crippen molar-refractivity contribution >= 4 is 17.3 Å². The maximum atomic E-state index is 11.0. The monoisotopic (exact) mass is 268 g/mol. The third kappa shape index (κ3) is 3.78. The summed E-state index contributed by atoms with van der Waals surface area (Å²) >= 11 is 1.70. The fraction of sp³-hybridized carbons (Fsp3) is 0.692. The number of aromatic nitrogens is 1. The maximum absolute atomic E-state index is 11.0. The van der Waals surface area contributed by atoms with Crippen LogP contribution in [0.3, 0.4) is 0 Å². The predicted molar refractivity (Wildman–Crippen MR) is 71.9 cm³/mol. The van der Waals surface area contributed by atoms with Gasteiger partial charge in [0.15, 0.2) is 0 Å². The molecule has 1 aromatic heterocycles. The third-order valence-electron chi connectivity index (χ3n) is 3.46. The van der Waals surface area contributed by atoms with Crippen LogP contribution in [0.25, 0.3) is 0 Å². The molecule has 1 aromatic rings. The van der Waals surface area contributed by atoms with Gasteiger partial charge in [-0.25, -0.2) is 4.98 Å². The van der Waals surface area contributed by atoms with Gasteiger partial charge in [-0.2, -0.15) is 0 Å². The van der Waals surface area contributed by atoms with Crippen LogP contribution in [-0.4, -0.2) is 28.6 Å². The summed E-state index contributed by atoms with van der Waals surface area (Å²) in [4.78, 5) is 15.4. The van der Waals surface area contributed by atoms with Crippen LogP contribution in [0.4, 0.5) is 0 Å². The number of aryl methyl sites for hydroxylation is 1. The quantitative estimate of drug-likeness (QED) is 0.859. The van der Waals surface area contributed by atoms with Crippen LogP contribution in [0.1, 0.15) is 36.4 Å². The highest BCUT2D eigenvalue weighted by Crippen LogP contribution is 2.24. The zero-order valence-electron chi connectivity index (χ0n) is 10.7. The van der Waals surface area contributed by atoms with E-state index in [4.69, 9.17) is 5.11 Å². The van der Waals surface area contributed by atoms with E-state index in [-0.39, 0.29) is 5.92 Å². The van der Waals surface area contributed by atoms with Gasteiger partial charge in [-0.3, -0.25) is 4.79 Å². The van der Waals surface area contributed by atoms with Gasteiger partial charge in [0.05, 0.1) is 10.9 Å². The molecule has 2 rings (SSSR count). The molecule has 5 heteroatoms. The van der Waals surface area contributed by atoms with E-state index in [1.807, 2.05) is 6.92 Å². The summed E-state index contributed by atoms with van der Waals surface area (Å²) < 4.78 is 0. The Morgan fingerprint density at radius 1 is 1.61 bits per heavy atom. The first-order valence-corrected chi connectivity index (χ1v) is 7.40. The zero-order valence-corrected chi connectivity index (χ0v) is 11.5. The van der Waals surface area contributed by atoms with Crippen LogP contribution in [0, 0.1) is 12.8 Å². The number of nitrogens with one attached hydrogen (secondary N) is 1. The number of rotatable bonds is 5. The largest absolute Gasteiger partial charge is 0.481 e. The molecule has 0 radical (unpaired) electrons. The molecule has 0 bridgehead atoms. The van der Waals surface area contributed by atoms with Crippen molar-refractivity contribution in [2.75, 3.05) is 6.54 Å². The highest BCUT2D eigenvalue weighted by molar-refractivity contribution is 7.09. The van der Waals surface area contributed by atoms with E-state index in [2.05, 4.69) is 15.7 Å². The normalized spacial score (nSPS) is 24.1. The molecule has 0 aromatic carbocycles. The predicted octanol–water partition coefficient (Wildman–Crippen LogP) is 2.23. The Morgan fingerprint density at radius 3 is 3.11 bits per heavy atom. The van der Waals surface area contributed by atoms with Crippen LogP contribution in [-0.2, 0) is 11.2 Å². The van der Waals surface area contributed by atoms with E-state index >= 15 is 0 Å². The number of carboxylic acids is 1. The minimum absolute atomic E-state index is 0.154. The molecule has 2 unspecified atom stereocenters. The number of thiazole rings is 1. The summed E-state index contributed by atoms with van der Waals surface area (Å²) in [6.45, 7) is 2.90. The van der Waals surface area contributed by atoms with Crippen molar-refractivity contribution < 1.29 is 9.90 Å². The minimum atomic E-state index is -0.642. The van der Waals surface area contributed by atoms with Gasteiger partial charge in [0.25, 0.3) is 0 Å². The average Bonchev–Trinajstić information content (AvgIpc) is 2.75. The summed E-state index contributed by atoms with van der Waals surface area (Å²) in [6.07, 6.45) is 4.66. The summed E-state index contributed by atoms with van der Waals surface area (Å²) in [5, 5.41) is 15.7. The number of nitrogens with zero attached hydrogens (tertiary/aromatic N) is 1. The van der Waals surface area contributed by atoms with Gasteiger partial charge < -0.3 is 10.4 Å². The van der Waals surface area contributed by atoms with Crippen molar-refractivity contribution in [1.82, 2.24) is 10.3 Å². The number of carboxylic acid groups (broad SMARTS) is 1. The highest BCUT2D eigenvalue weighted by Gasteiger charge is 2.26. The number of hydrogen-bond donors (Lipinski definition) is 2. The Bertz CT molecular complexity index is 405. The second-order valence-electron chi connectivity index (χ2n) is 4.99. The van der Waals surface area contributed by atoms with Crippen LogP contribution in [0.5, 0.6) is 0 Å². The summed E-state index contributed by atoms with van der Waals surface area (Å²) in [5.41, 5.74) is 1.08. The topological polar surface area (TPSA) is 62.2 Å². The van der Waals surface area contributed by atoms with E-state index in [9.17, 15) is 4.79 Å². The molecule has 4 nitrogen and oxygen atoms in total. The first kappa shape index (κ1) is 13.5. The Balaban J connectivity index is 1.71. The zero-order chi connectivity index (χ0) is 13.0. The summed E-state index contributed by atoms with van der Waals surface area (Å²) in [7, 11) is 0. The molecule has 18 heavy (non-hydrogen) atoms. The molecule has 1 fully saturated rings. The van der Waals surface area contributed by atoms with Gasteiger partial charge in [0.1, 0.15) is 0 Å². The van der Waals surface area contributed by atoms with Crippen LogP contribution >= 0.6 is 11.3 Å². The molecule has 1 saturated carbocycles. The second kappa shape index (κ2) is 6.29. The Labute approximate surface area is 111 Å². The van der Waals surface area contributed by atoms with Gasteiger partial charge in [0.2, 0.25) is 0 Å². The molecule has 1 heterocycles. The van der Waals surface area contributed by atoms with Crippen LogP contribution < -0.4 is 5.32 Å². The lowest BCUT2D eigenvalue weighted by Crippen LogP contribution is -2.37. The number of hydrogen-bond acceptors (Lipinski definition) is 4. The van der Waals surface area contributed by atoms with E-state index in [1.165, 1.54) is 0 Å². The summed E-state index contributed by atoms with van der Waals surface area (Å²) in [5.74, 6) is -0.796. The molecule has 2 atom stereocenters. The van der Waals surface area contributed by atoms with Gasteiger partial charge in [-0.05, 0) is 26.2 Å². The highest BCUT2D eigenvalue weighted by atomic mass is 32.1. The van der Waals surface area contributed by atoms with Crippen molar-refractivity contribution in [3.05, 3.63) is 16.1 Å². The van der Waals surface area contributed by atoms with Crippen LogP contribution in [0.2, 0.25) is 0 Å². The first-order valence-electron chi connectivity index (χ1n) is 6.52. The second-order valence-corrected chi connectivity index (χ2v) is 5.93. The van der Waals surface area contributed by atoms with Crippen molar-refractivity contribution in [2.24, 2.45) is 5.92 Å². The molecule has 0 aliphatic heterocycles. The van der Waals surface area contributed by atoms with Crippen molar-refractivity contribution in [3.8, 4) is 0 Å². The van der Waals surface area contributed by atoms with Gasteiger partial charge in [-0.1, -0.05) is 6.42 Å². The Hall–Kier alpha value is -0.940. The first-order chi connectivity index (χ1) is 8.65. The molecule has 1 aliphatic rings. The Kier molecular flexibility index (Phi) is 4.72. The van der Waals surface area contributed by atoms with E-state index in [1.54, 1.807) is 11.3 Å². The third-order valence-corrected chi connectivity index (χ3v) is 4.49. The fourth-order valence-corrected chi connectivity index (χ4v) is 3.28. The van der Waals surface area contributed by atoms with Gasteiger partial charge in [0, 0.05) is 30.1 Å². The van der Waals surface area contributed by atoms with Gasteiger partial charge in [-0.15, -0.1) is 11.3 Å². The molecule has 2 N–H and O–H groups in total. The maximum Gasteiger partial charge on any atom is 0.306 e. The standard InChI is InChI=1S/C13H20N2O2S/c1-9-8-18-12(15-9)5-6-14-11-4-2-3-10(7-11)13(16)17/h8,10-11,14H,2-7H2,1H3,(H,16,17). The molecule has 0 saturated heterocycles. The minimum Gasteiger partial charge on any atom is -0.481 e. The molecule has 0 spiro atoms. The summed E-state index contributed by atoms with van der Waals surface area (Å²) in [6, 6.07) is 0.362. The van der Waals surface area contributed by atoms with Crippen molar-refractivity contribution in [1.29, 1.82) is 0 Å². The lowest BCUT2D eigenvalue weighted by Gasteiger charge is -2.27. The van der Waals surface area contributed by atoms with E-state index < -0.39 is 5.97 Å². The fourth-order valence-electron chi connectivity index (χ4n) is 2.50. The molecule has 1 aliphatic carbocycles. The number of aliphatic carboxylic acids is 1. The average molecular weight is 268 g/mol. The molecular formula is C13H20N2O2S. The van der Waals surface area contributed by atoms with Crippen LogP contribution in [0.15, 0.2) is 5.38 Å². The lowest BCUT2D eigenvalue weighted by molar-refractivity contribution is -0.143. The lowest BCUT2D eigenvalue weighted by atomic mass is 9.86.